The highest BCUT2D eigenvalue weighted by Crippen LogP contribution is 2.14. The summed E-state index contributed by atoms with van der Waals surface area (Å²) in [5.41, 5.74) is 5.26. The molecule has 1 aliphatic heterocycles. The second-order valence-corrected chi connectivity index (χ2v) is 3.62. The van der Waals surface area contributed by atoms with Gasteiger partial charge in [-0.2, -0.15) is 0 Å². The van der Waals surface area contributed by atoms with Gasteiger partial charge in [-0.3, -0.25) is 9.59 Å². The second kappa shape index (κ2) is 4.41. The van der Waals surface area contributed by atoms with Crippen molar-refractivity contribution in [3.63, 3.8) is 0 Å². The van der Waals surface area contributed by atoms with Crippen molar-refractivity contribution in [3.05, 3.63) is 0 Å². The van der Waals surface area contributed by atoms with Gasteiger partial charge in [0.05, 0.1) is 12.6 Å². The fourth-order valence-corrected chi connectivity index (χ4v) is 1.67. The minimum absolute atomic E-state index is 0.0375. The summed E-state index contributed by atoms with van der Waals surface area (Å²) in [5, 5.41) is 0. The van der Waals surface area contributed by atoms with Crippen LogP contribution >= 0.6 is 0 Å². The largest absolute Gasteiger partial charge is 0.341 e. The summed E-state index contributed by atoms with van der Waals surface area (Å²) in [7, 11) is 1.77. The molecule has 1 heterocycles. The average Bonchev–Trinajstić information content (AvgIpc) is 2.64. The van der Waals surface area contributed by atoms with Crippen LogP contribution in [0.3, 0.4) is 0 Å². The van der Waals surface area contributed by atoms with Gasteiger partial charge >= 0.3 is 0 Å². The summed E-state index contributed by atoms with van der Waals surface area (Å²) in [5.74, 6) is 0.00139. The third-order valence-corrected chi connectivity index (χ3v) is 2.74. The highest BCUT2D eigenvalue weighted by Gasteiger charge is 2.28. The Balaban J connectivity index is 2.49. The number of carbonyl (C=O) groups excluding carboxylic acids is 2. The summed E-state index contributed by atoms with van der Waals surface area (Å²) >= 11 is 0. The van der Waals surface area contributed by atoms with Crippen LogP contribution in [-0.2, 0) is 9.59 Å². The molecule has 0 aromatic carbocycles. The Morgan fingerprint density at radius 2 is 2.21 bits per heavy atom. The lowest BCUT2D eigenvalue weighted by atomic mass is 10.2. The minimum Gasteiger partial charge on any atom is -0.341 e. The van der Waals surface area contributed by atoms with Crippen LogP contribution in [-0.4, -0.2) is 54.3 Å². The molecule has 80 valence electrons. The van der Waals surface area contributed by atoms with Gasteiger partial charge in [-0.1, -0.05) is 0 Å². The molecule has 5 nitrogen and oxygen atoms in total. The second-order valence-electron chi connectivity index (χ2n) is 3.62. The number of rotatable bonds is 2. The first-order chi connectivity index (χ1) is 6.56. The molecule has 0 unspecified atom stereocenters. The third kappa shape index (κ3) is 2.23. The first-order valence-corrected chi connectivity index (χ1v) is 4.77. The van der Waals surface area contributed by atoms with Gasteiger partial charge in [0.2, 0.25) is 11.8 Å². The van der Waals surface area contributed by atoms with Gasteiger partial charge < -0.3 is 15.5 Å². The lowest BCUT2D eigenvalue weighted by Crippen LogP contribution is -2.40. The van der Waals surface area contributed by atoms with Crippen molar-refractivity contribution in [3.8, 4) is 0 Å². The molecule has 1 fully saturated rings. The predicted octanol–water partition coefficient (Wildman–Crippen LogP) is -0.976. The summed E-state index contributed by atoms with van der Waals surface area (Å²) in [6.45, 7) is 2.91. The van der Waals surface area contributed by atoms with Gasteiger partial charge in [-0.05, 0) is 6.42 Å². The smallest absolute Gasteiger partial charge is 0.236 e. The third-order valence-electron chi connectivity index (χ3n) is 2.74. The molecule has 1 rings (SSSR count). The molecule has 0 saturated carbocycles. The van der Waals surface area contributed by atoms with Gasteiger partial charge in [0, 0.05) is 27.1 Å². The standard InChI is InChI=1S/C9H17N3O2/c1-7(13)11(2)8-3-4-12(6-8)9(14)5-10/h8H,3-6,10H2,1-2H3/t8-/m0/s1. The van der Waals surface area contributed by atoms with Crippen molar-refractivity contribution < 1.29 is 9.59 Å². The van der Waals surface area contributed by atoms with E-state index in [0.717, 1.165) is 6.42 Å². The molecule has 0 spiro atoms. The summed E-state index contributed by atoms with van der Waals surface area (Å²) in [6.07, 6.45) is 0.849. The Hall–Kier alpha value is -1.10. The first-order valence-electron chi connectivity index (χ1n) is 4.77. The normalized spacial score (nSPS) is 21.1. The fraction of sp³-hybridized carbons (Fsp3) is 0.778. The van der Waals surface area contributed by atoms with E-state index in [9.17, 15) is 9.59 Å². The molecule has 1 saturated heterocycles. The molecule has 1 atom stereocenters. The van der Waals surface area contributed by atoms with Crippen LogP contribution in [0.1, 0.15) is 13.3 Å². The maximum Gasteiger partial charge on any atom is 0.236 e. The van der Waals surface area contributed by atoms with Crippen LogP contribution in [0.2, 0.25) is 0 Å². The van der Waals surface area contributed by atoms with E-state index in [4.69, 9.17) is 5.73 Å². The Morgan fingerprint density at radius 1 is 1.57 bits per heavy atom. The monoisotopic (exact) mass is 199 g/mol. The maximum absolute atomic E-state index is 11.2. The van der Waals surface area contributed by atoms with E-state index in [1.165, 1.54) is 6.92 Å². The number of carbonyl (C=O) groups is 2. The molecule has 1 aliphatic rings. The van der Waals surface area contributed by atoms with E-state index in [1.807, 2.05) is 0 Å². The molecule has 0 radical (unpaired) electrons. The van der Waals surface area contributed by atoms with E-state index < -0.39 is 0 Å². The lowest BCUT2D eigenvalue weighted by Gasteiger charge is -2.23. The number of nitrogens with zero attached hydrogens (tertiary/aromatic N) is 2. The van der Waals surface area contributed by atoms with Gasteiger partial charge in [-0.25, -0.2) is 0 Å². The highest BCUT2D eigenvalue weighted by molar-refractivity contribution is 5.78. The van der Waals surface area contributed by atoms with Crippen LogP contribution in [0, 0.1) is 0 Å². The van der Waals surface area contributed by atoms with Crippen molar-refractivity contribution in [1.82, 2.24) is 9.80 Å². The quantitative estimate of drug-likeness (QED) is 0.622. The lowest BCUT2D eigenvalue weighted by molar-refractivity contribution is -0.131. The van der Waals surface area contributed by atoms with Gasteiger partial charge in [0.25, 0.3) is 0 Å². The van der Waals surface area contributed by atoms with Gasteiger partial charge in [-0.15, -0.1) is 0 Å². The van der Waals surface area contributed by atoms with Crippen LogP contribution in [0.25, 0.3) is 0 Å². The van der Waals surface area contributed by atoms with E-state index in [-0.39, 0.29) is 24.4 Å². The highest BCUT2D eigenvalue weighted by atomic mass is 16.2. The Labute approximate surface area is 83.8 Å². The zero-order chi connectivity index (χ0) is 10.7. The number of nitrogens with two attached hydrogens (primary N) is 1. The molecule has 2 N–H and O–H groups in total. The summed E-state index contributed by atoms with van der Waals surface area (Å²) in [4.78, 5) is 25.7. The minimum atomic E-state index is -0.0375. The van der Waals surface area contributed by atoms with Gasteiger partial charge in [0.1, 0.15) is 0 Å². The van der Waals surface area contributed by atoms with Crippen molar-refractivity contribution in [2.24, 2.45) is 5.73 Å². The molecule has 0 aliphatic carbocycles. The number of hydrogen-bond acceptors (Lipinski definition) is 3. The van der Waals surface area contributed by atoms with Crippen molar-refractivity contribution >= 4 is 11.8 Å². The van der Waals surface area contributed by atoms with Crippen molar-refractivity contribution in [2.45, 2.75) is 19.4 Å². The van der Waals surface area contributed by atoms with Crippen LogP contribution in [0.4, 0.5) is 0 Å². The average molecular weight is 199 g/mol. The molecular weight excluding hydrogens is 182 g/mol. The predicted molar refractivity (Wildman–Crippen MR) is 52.5 cm³/mol. The Kier molecular flexibility index (Phi) is 3.46. The van der Waals surface area contributed by atoms with Crippen LogP contribution < -0.4 is 5.73 Å². The molecule has 0 aromatic rings. The topological polar surface area (TPSA) is 66.6 Å². The van der Waals surface area contributed by atoms with Crippen LogP contribution in [0.5, 0.6) is 0 Å². The van der Waals surface area contributed by atoms with Crippen molar-refractivity contribution in [2.75, 3.05) is 26.7 Å². The SMILES string of the molecule is CC(=O)N(C)[C@H]1CCN(C(=O)CN)C1. The first kappa shape index (κ1) is 11.0. The van der Waals surface area contributed by atoms with E-state index >= 15 is 0 Å². The van der Waals surface area contributed by atoms with Crippen LogP contribution in [0.15, 0.2) is 0 Å². The zero-order valence-electron chi connectivity index (χ0n) is 8.69. The molecule has 14 heavy (non-hydrogen) atoms. The van der Waals surface area contributed by atoms with Gasteiger partial charge in [0.15, 0.2) is 0 Å². The summed E-state index contributed by atoms with van der Waals surface area (Å²) in [6, 6.07) is 0.156. The molecule has 5 heteroatoms. The van der Waals surface area contributed by atoms with Crippen molar-refractivity contribution in [1.29, 1.82) is 0 Å². The van der Waals surface area contributed by atoms with E-state index in [1.54, 1.807) is 16.8 Å². The number of likely N-dealkylation sites (N-methyl/N-ethyl adjacent to an activating group) is 1. The number of likely N-dealkylation sites (tertiary alicyclic amines) is 1. The van der Waals surface area contributed by atoms with E-state index in [2.05, 4.69) is 0 Å². The molecule has 0 bridgehead atoms. The van der Waals surface area contributed by atoms with E-state index in [0.29, 0.717) is 13.1 Å². The summed E-state index contributed by atoms with van der Waals surface area (Å²) < 4.78 is 0. The molecule has 0 aromatic heterocycles. The Bertz CT molecular complexity index is 242. The maximum atomic E-state index is 11.2. The Morgan fingerprint density at radius 3 is 2.71 bits per heavy atom. The molecular formula is C9H17N3O2. The fourth-order valence-electron chi connectivity index (χ4n) is 1.67. The molecule has 2 amide bonds. The number of hydrogen-bond donors (Lipinski definition) is 1. The zero-order valence-corrected chi connectivity index (χ0v) is 8.69. The number of amides is 2.